The summed E-state index contributed by atoms with van der Waals surface area (Å²) in [6.45, 7) is 1.17. The highest BCUT2D eigenvalue weighted by Crippen LogP contribution is 2.32. The van der Waals surface area contributed by atoms with Crippen molar-refractivity contribution in [2.24, 2.45) is 0 Å². The fraction of sp³-hybridized carbons (Fsp3) is 0.286. The molecule has 1 saturated heterocycles. The summed E-state index contributed by atoms with van der Waals surface area (Å²) < 4.78 is 39.5. The van der Waals surface area contributed by atoms with Gasteiger partial charge in [-0.3, -0.25) is 0 Å². The van der Waals surface area contributed by atoms with E-state index in [9.17, 15) is 12.8 Å². The highest BCUT2D eigenvalue weighted by molar-refractivity contribution is 7.92. The lowest BCUT2D eigenvalue weighted by molar-refractivity contribution is 0.529. The monoisotopic (exact) mass is 518 g/mol. The maximum absolute atomic E-state index is 13.6. The molecule has 0 aliphatic carbocycles. The van der Waals surface area contributed by atoms with Gasteiger partial charge in [0.25, 0.3) is 0 Å². The quantitative estimate of drug-likeness (QED) is 0.398. The van der Waals surface area contributed by atoms with Crippen molar-refractivity contribution in [3.8, 4) is 0 Å². The van der Waals surface area contributed by atoms with Crippen LogP contribution in [-0.2, 0) is 16.3 Å². The number of piperidine rings is 1. The molecule has 2 aromatic carbocycles. The van der Waals surface area contributed by atoms with E-state index in [1.165, 1.54) is 41.7 Å². The van der Waals surface area contributed by atoms with E-state index < -0.39 is 15.1 Å². The Hall–Kier alpha value is -1.38. The van der Waals surface area contributed by atoms with Crippen molar-refractivity contribution in [2.75, 3.05) is 18.0 Å². The zero-order valence-electron chi connectivity index (χ0n) is 16.2. The standard InChI is InChI=1S/C21H18Cl3FN2O2S2/c22-14-7-13(8-15(25)10-14)9-16-12-30-21(26-16)27-5-3-17(4-6-27)31(28,29)18-1-2-19(23)20(24)11-18/h1-2,7-8,10-12,17H,3-6,9H2. The first kappa shape index (κ1) is 22.8. The van der Waals surface area contributed by atoms with Crippen LogP contribution in [0.15, 0.2) is 46.7 Å². The van der Waals surface area contributed by atoms with Crippen LogP contribution in [0, 0.1) is 5.82 Å². The molecule has 4 nitrogen and oxygen atoms in total. The van der Waals surface area contributed by atoms with Gasteiger partial charge in [0, 0.05) is 29.9 Å². The summed E-state index contributed by atoms with van der Waals surface area (Å²) in [5.41, 5.74) is 1.58. The number of aromatic nitrogens is 1. The lowest BCUT2D eigenvalue weighted by Gasteiger charge is -2.31. The average Bonchev–Trinajstić information content (AvgIpc) is 3.17. The number of rotatable bonds is 5. The number of benzene rings is 2. The topological polar surface area (TPSA) is 50.3 Å². The van der Waals surface area contributed by atoms with Gasteiger partial charge in [0.15, 0.2) is 15.0 Å². The fourth-order valence-electron chi connectivity index (χ4n) is 3.65. The molecule has 10 heteroatoms. The Morgan fingerprint density at radius 1 is 1.06 bits per heavy atom. The third-order valence-electron chi connectivity index (χ3n) is 5.22. The molecule has 164 valence electrons. The second-order valence-electron chi connectivity index (χ2n) is 7.38. The zero-order valence-corrected chi connectivity index (χ0v) is 20.1. The molecule has 1 aliphatic rings. The minimum atomic E-state index is -3.49. The Morgan fingerprint density at radius 2 is 1.81 bits per heavy atom. The van der Waals surface area contributed by atoms with Gasteiger partial charge in [-0.15, -0.1) is 11.3 Å². The maximum atomic E-state index is 13.6. The van der Waals surface area contributed by atoms with E-state index in [1.807, 2.05) is 5.38 Å². The molecular formula is C21H18Cl3FN2O2S2. The first-order valence-electron chi connectivity index (χ1n) is 9.55. The number of hydrogen-bond donors (Lipinski definition) is 0. The van der Waals surface area contributed by atoms with Crippen LogP contribution in [0.1, 0.15) is 24.1 Å². The van der Waals surface area contributed by atoms with Gasteiger partial charge in [-0.1, -0.05) is 34.8 Å². The number of anilines is 1. The summed E-state index contributed by atoms with van der Waals surface area (Å²) in [5, 5.41) is 3.21. The number of halogens is 4. The van der Waals surface area contributed by atoms with Crippen LogP contribution >= 0.6 is 46.1 Å². The Labute approximate surface area is 199 Å². The lowest BCUT2D eigenvalue weighted by atomic mass is 10.1. The van der Waals surface area contributed by atoms with Crippen molar-refractivity contribution in [1.29, 1.82) is 0 Å². The van der Waals surface area contributed by atoms with Crippen molar-refractivity contribution < 1.29 is 12.8 Å². The van der Waals surface area contributed by atoms with Crippen molar-refractivity contribution in [3.63, 3.8) is 0 Å². The van der Waals surface area contributed by atoms with Crippen molar-refractivity contribution >= 4 is 61.1 Å². The molecule has 0 bridgehead atoms. The summed E-state index contributed by atoms with van der Waals surface area (Å²) >= 11 is 19.3. The largest absolute Gasteiger partial charge is 0.348 e. The van der Waals surface area contributed by atoms with E-state index in [4.69, 9.17) is 34.8 Å². The molecule has 4 rings (SSSR count). The summed E-state index contributed by atoms with van der Waals surface area (Å²) in [7, 11) is -3.49. The summed E-state index contributed by atoms with van der Waals surface area (Å²) in [4.78, 5) is 6.94. The van der Waals surface area contributed by atoms with E-state index in [0.29, 0.717) is 42.4 Å². The molecule has 1 aliphatic heterocycles. The van der Waals surface area contributed by atoms with Crippen molar-refractivity contribution in [3.05, 3.63) is 73.9 Å². The van der Waals surface area contributed by atoms with Crippen LogP contribution in [0.5, 0.6) is 0 Å². The Kier molecular flexibility index (Phi) is 6.79. The van der Waals surface area contributed by atoms with Gasteiger partial charge in [-0.2, -0.15) is 0 Å². The fourth-order valence-corrected chi connectivity index (χ4v) is 6.89. The predicted octanol–water partition coefficient (Wildman–Crippen LogP) is 6.28. The summed E-state index contributed by atoms with van der Waals surface area (Å²) in [5.74, 6) is -0.372. The van der Waals surface area contributed by atoms with E-state index >= 15 is 0 Å². The SMILES string of the molecule is O=S(=O)(c1ccc(Cl)c(Cl)c1)C1CCN(c2nc(Cc3cc(F)cc(Cl)c3)cs2)CC1. The average molecular weight is 520 g/mol. The van der Waals surface area contributed by atoms with Crippen LogP contribution in [-0.4, -0.2) is 31.7 Å². The highest BCUT2D eigenvalue weighted by Gasteiger charge is 2.32. The smallest absolute Gasteiger partial charge is 0.185 e. The second kappa shape index (κ2) is 9.24. The normalized spacial score (nSPS) is 15.4. The minimum absolute atomic E-state index is 0.200. The number of nitrogens with zero attached hydrogens (tertiary/aromatic N) is 2. The molecule has 0 radical (unpaired) electrons. The number of thiazole rings is 1. The molecular weight excluding hydrogens is 502 g/mol. The third kappa shape index (κ3) is 5.17. The number of sulfone groups is 1. The van der Waals surface area contributed by atoms with Gasteiger partial charge in [-0.25, -0.2) is 17.8 Å². The first-order chi connectivity index (χ1) is 14.7. The molecule has 1 fully saturated rings. The second-order valence-corrected chi connectivity index (χ2v) is 11.7. The van der Waals surface area contributed by atoms with E-state index in [2.05, 4.69) is 9.88 Å². The maximum Gasteiger partial charge on any atom is 0.185 e. The Morgan fingerprint density at radius 3 is 2.48 bits per heavy atom. The molecule has 1 aromatic heterocycles. The van der Waals surface area contributed by atoms with Gasteiger partial charge in [0.05, 0.1) is 25.9 Å². The molecule has 2 heterocycles. The highest BCUT2D eigenvalue weighted by atomic mass is 35.5. The molecule has 0 amide bonds. The molecule has 0 atom stereocenters. The molecule has 0 spiro atoms. The van der Waals surface area contributed by atoms with Crippen LogP contribution < -0.4 is 4.90 Å². The molecule has 3 aromatic rings. The van der Waals surface area contributed by atoms with Gasteiger partial charge in [0.1, 0.15) is 5.82 Å². The first-order valence-corrected chi connectivity index (χ1v) is 13.1. The van der Waals surface area contributed by atoms with Crippen LogP contribution in [0.2, 0.25) is 15.1 Å². The van der Waals surface area contributed by atoms with Gasteiger partial charge in [-0.05, 0) is 54.8 Å². The minimum Gasteiger partial charge on any atom is -0.348 e. The van der Waals surface area contributed by atoms with Crippen LogP contribution in [0.3, 0.4) is 0 Å². The molecule has 0 saturated carbocycles. The van der Waals surface area contributed by atoms with Crippen molar-refractivity contribution in [2.45, 2.75) is 29.4 Å². The number of hydrogen-bond acceptors (Lipinski definition) is 5. The summed E-state index contributed by atoms with van der Waals surface area (Å²) in [6.07, 6.45) is 1.48. The van der Waals surface area contributed by atoms with E-state index in [-0.39, 0.29) is 15.7 Å². The van der Waals surface area contributed by atoms with Crippen LogP contribution in [0.25, 0.3) is 0 Å². The van der Waals surface area contributed by atoms with E-state index in [0.717, 1.165) is 16.4 Å². The van der Waals surface area contributed by atoms with Gasteiger partial charge < -0.3 is 4.90 Å². The van der Waals surface area contributed by atoms with Crippen LogP contribution in [0.4, 0.5) is 9.52 Å². The lowest BCUT2D eigenvalue weighted by Crippen LogP contribution is -2.39. The van der Waals surface area contributed by atoms with Crippen molar-refractivity contribution in [1.82, 2.24) is 4.98 Å². The Bertz CT molecular complexity index is 1190. The molecule has 0 unspecified atom stereocenters. The Balaban J connectivity index is 1.41. The predicted molar refractivity (Wildman–Crippen MR) is 125 cm³/mol. The zero-order chi connectivity index (χ0) is 22.2. The van der Waals surface area contributed by atoms with E-state index in [1.54, 1.807) is 6.07 Å². The van der Waals surface area contributed by atoms with Gasteiger partial charge in [0.2, 0.25) is 0 Å². The third-order valence-corrected chi connectivity index (χ3v) is 9.39. The van der Waals surface area contributed by atoms with Gasteiger partial charge >= 0.3 is 0 Å². The summed E-state index contributed by atoms with van der Waals surface area (Å²) in [6, 6.07) is 8.87. The molecule has 0 N–H and O–H groups in total. The molecule has 31 heavy (non-hydrogen) atoms.